The van der Waals surface area contributed by atoms with Gasteiger partial charge in [0, 0.05) is 24.7 Å². The molecule has 0 radical (unpaired) electrons. The Morgan fingerprint density at radius 3 is 2.77 bits per heavy atom. The Bertz CT molecular complexity index is 1900. The highest BCUT2D eigenvalue weighted by atomic mass is 35.5. The van der Waals surface area contributed by atoms with Gasteiger partial charge in [-0.1, -0.05) is 17.7 Å². The van der Waals surface area contributed by atoms with Crippen LogP contribution in [0.3, 0.4) is 0 Å². The van der Waals surface area contributed by atoms with Crippen molar-refractivity contribution in [2.45, 2.75) is 38.6 Å². The predicted molar refractivity (Wildman–Crippen MR) is 166 cm³/mol. The van der Waals surface area contributed by atoms with Gasteiger partial charge in [-0.2, -0.15) is 0 Å². The monoisotopic (exact) mass is 633 g/mol. The molecule has 7 rings (SSSR count). The van der Waals surface area contributed by atoms with E-state index in [0.29, 0.717) is 35.9 Å². The van der Waals surface area contributed by atoms with Crippen LogP contribution in [0, 0.1) is 5.82 Å². The Hall–Kier alpha value is -3.90. The fourth-order valence-electron chi connectivity index (χ4n) is 5.50. The number of ether oxygens (including phenoxy) is 3. The van der Waals surface area contributed by atoms with Gasteiger partial charge in [-0.05, 0) is 66.9 Å². The number of carbonyl (C=O) groups is 1. The summed E-state index contributed by atoms with van der Waals surface area (Å²) in [5, 5.41) is 1.36. The third kappa shape index (κ3) is 5.92. The predicted octanol–water partition coefficient (Wildman–Crippen LogP) is 6.28. The van der Waals surface area contributed by atoms with Gasteiger partial charge >= 0.3 is 5.97 Å². The third-order valence-electron chi connectivity index (χ3n) is 7.96. The van der Waals surface area contributed by atoms with Gasteiger partial charge in [0.15, 0.2) is 5.82 Å². The van der Waals surface area contributed by atoms with Gasteiger partial charge in [0.2, 0.25) is 0 Å². The number of methoxy groups -OCH3 is 1. The van der Waals surface area contributed by atoms with Crippen molar-refractivity contribution < 1.29 is 23.4 Å². The zero-order valence-corrected chi connectivity index (χ0v) is 25.5. The van der Waals surface area contributed by atoms with E-state index in [4.69, 9.17) is 30.8 Å². The summed E-state index contributed by atoms with van der Waals surface area (Å²) < 4.78 is 34.2. The smallest absolute Gasteiger partial charge is 0.337 e. The number of thiazole rings is 1. The van der Waals surface area contributed by atoms with Crippen LogP contribution in [-0.2, 0) is 29.2 Å². The number of hydrogen-bond acceptors (Lipinski definition) is 9. The van der Waals surface area contributed by atoms with Gasteiger partial charge in [0.25, 0.3) is 5.88 Å². The van der Waals surface area contributed by atoms with Crippen LogP contribution in [0.5, 0.6) is 5.88 Å². The molecule has 226 valence electrons. The van der Waals surface area contributed by atoms with Crippen LogP contribution < -0.4 is 4.74 Å². The van der Waals surface area contributed by atoms with Crippen LogP contribution in [0.2, 0.25) is 5.02 Å². The molecule has 1 fully saturated rings. The molecule has 0 saturated carbocycles. The van der Waals surface area contributed by atoms with Crippen LogP contribution >= 0.6 is 22.9 Å². The van der Waals surface area contributed by atoms with Crippen LogP contribution in [0.1, 0.15) is 39.7 Å². The zero-order chi connectivity index (χ0) is 30.2. The van der Waals surface area contributed by atoms with E-state index in [9.17, 15) is 9.18 Å². The second-order valence-corrected chi connectivity index (χ2v) is 12.4. The standard InChI is InChI=1S/C32H29ClFN5O4S/c1-41-32(40)20-2-5-25-27(14-20)39(16-22-10-13-42-22)29(35-25)17-38-11-8-19(9-12-38)24-7-4-23(34)31(37-24)43-18-30-36-26-6-3-21(33)15-28(26)44-30/h2-8,14-15,22H,9-13,16-18H2,1H3. The minimum Gasteiger partial charge on any atom is -0.468 e. The topological polar surface area (TPSA) is 91.6 Å². The first-order valence-corrected chi connectivity index (χ1v) is 15.6. The summed E-state index contributed by atoms with van der Waals surface area (Å²) in [6, 6.07) is 14.1. The van der Waals surface area contributed by atoms with Crippen molar-refractivity contribution in [3.05, 3.63) is 87.5 Å². The maximum atomic E-state index is 14.6. The van der Waals surface area contributed by atoms with Crippen molar-refractivity contribution in [2.24, 2.45) is 0 Å². The van der Waals surface area contributed by atoms with Crippen LogP contribution in [-0.4, -0.2) is 63.3 Å². The highest BCUT2D eigenvalue weighted by Crippen LogP contribution is 2.29. The number of imidazole rings is 1. The van der Waals surface area contributed by atoms with Gasteiger partial charge in [0.1, 0.15) is 17.4 Å². The van der Waals surface area contributed by atoms with E-state index in [1.165, 1.54) is 24.5 Å². The number of hydrogen-bond donors (Lipinski definition) is 0. The summed E-state index contributed by atoms with van der Waals surface area (Å²) in [5.74, 6) is -0.0102. The lowest BCUT2D eigenvalue weighted by Gasteiger charge is -2.29. The Balaban J connectivity index is 1.05. The Kier molecular flexibility index (Phi) is 8.02. The number of carbonyl (C=O) groups excluding carboxylic acids is 1. The highest BCUT2D eigenvalue weighted by molar-refractivity contribution is 7.18. The van der Waals surface area contributed by atoms with Crippen molar-refractivity contribution in [3.63, 3.8) is 0 Å². The van der Waals surface area contributed by atoms with Gasteiger partial charge in [0.05, 0.1) is 58.8 Å². The second kappa shape index (κ2) is 12.2. The summed E-state index contributed by atoms with van der Waals surface area (Å²) in [4.78, 5) is 28.5. The molecule has 3 aromatic heterocycles. The van der Waals surface area contributed by atoms with E-state index in [-0.39, 0.29) is 24.6 Å². The highest BCUT2D eigenvalue weighted by Gasteiger charge is 2.24. The molecular weight excluding hydrogens is 605 g/mol. The molecule has 5 heterocycles. The Labute approximate surface area is 261 Å². The molecule has 0 N–H and O–H groups in total. The van der Waals surface area contributed by atoms with E-state index < -0.39 is 5.82 Å². The van der Waals surface area contributed by atoms with Crippen LogP contribution in [0.25, 0.3) is 26.8 Å². The lowest BCUT2D eigenvalue weighted by atomic mass is 10.0. The molecule has 12 heteroatoms. The number of benzene rings is 2. The van der Waals surface area contributed by atoms with Crippen molar-refractivity contribution in [1.82, 2.24) is 24.4 Å². The number of nitrogens with zero attached hydrogens (tertiary/aromatic N) is 5. The first-order valence-electron chi connectivity index (χ1n) is 14.4. The number of esters is 1. The molecule has 1 unspecified atom stereocenters. The lowest BCUT2D eigenvalue weighted by molar-refractivity contribution is -0.0591. The fraction of sp³-hybridized carbons (Fsp3) is 0.312. The largest absolute Gasteiger partial charge is 0.468 e. The zero-order valence-electron chi connectivity index (χ0n) is 24.0. The van der Waals surface area contributed by atoms with Gasteiger partial charge < -0.3 is 18.8 Å². The minimum absolute atomic E-state index is 0.0404. The van der Waals surface area contributed by atoms with E-state index in [1.807, 2.05) is 24.3 Å². The number of pyridine rings is 1. The maximum absolute atomic E-state index is 14.6. The molecule has 1 saturated heterocycles. The number of aromatic nitrogens is 4. The summed E-state index contributed by atoms with van der Waals surface area (Å²) in [6.07, 6.45) is 4.00. The second-order valence-electron chi connectivity index (χ2n) is 10.8. The lowest BCUT2D eigenvalue weighted by Crippen LogP contribution is -2.33. The molecule has 44 heavy (non-hydrogen) atoms. The molecule has 0 spiro atoms. The molecule has 2 aliphatic heterocycles. The molecule has 5 aromatic rings. The Morgan fingerprint density at radius 1 is 1.14 bits per heavy atom. The average molecular weight is 634 g/mol. The summed E-state index contributed by atoms with van der Waals surface area (Å²) in [5.41, 5.74) is 4.78. The minimum atomic E-state index is -0.513. The number of rotatable bonds is 9. The van der Waals surface area contributed by atoms with Crippen molar-refractivity contribution >= 4 is 55.7 Å². The van der Waals surface area contributed by atoms with Gasteiger partial charge in [-0.15, -0.1) is 11.3 Å². The molecule has 0 bridgehead atoms. The van der Waals surface area contributed by atoms with Crippen molar-refractivity contribution in [1.29, 1.82) is 0 Å². The first-order chi connectivity index (χ1) is 21.4. The quantitative estimate of drug-likeness (QED) is 0.175. The van der Waals surface area contributed by atoms with E-state index in [1.54, 1.807) is 18.2 Å². The number of halogens is 2. The molecule has 9 nitrogen and oxygen atoms in total. The summed E-state index contributed by atoms with van der Waals surface area (Å²) >= 11 is 7.55. The third-order valence-corrected chi connectivity index (χ3v) is 9.18. The van der Waals surface area contributed by atoms with Crippen molar-refractivity contribution in [2.75, 3.05) is 26.8 Å². The molecular formula is C32H29ClFN5O4S. The number of fused-ring (bicyclic) bond motifs is 2. The molecule has 2 aliphatic rings. The average Bonchev–Trinajstić information content (AvgIpc) is 3.58. The molecule has 0 amide bonds. The summed E-state index contributed by atoms with van der Waals surface area (Å²) in [7, 11) is 1.38. The maximum Gasteiger partial charge on any atom is 0.337 e. The molecule has 1 atom stereocenters. The normalized spacial score (nSPS) is 17.1. The van der Waals surface area contributed by atoms with Crippen LogP contribution in [0.4, 0.5) is 4.39 Å². The van der Waals surface area contributed by atoms with E-state index in [2.05, 4.69) is 25.5 Å². The summed E-state index contributed by atoms with van der Waals surface area (Å²) in [6.45, 7) is 3.67. The van der Waals surface area contributed by atoms with Gasteiger partial charge in [-0.25, -0.2) is 24.1 Å². The SMILES string of the molecule is COC(=O)c1ccc2nc(CN3CC=C(c4ccc(F)c(OCc5nc6ccc(Cl)cc6s5)n4)CC3)n(CC3CCO3)c2c1. The van der Waals surface area contributed by atoms with Crippen LogP contribution in [0.15, 0.2) is 54.6 Å². The Morgan fingerprint density at radius 2 is 2.00 bits per heavy atom. The fourth-order valence-corrected chi connectivity index (χ4v) is 6.66. The van der Waals surface area contributed by atoms with Gasteiger partial charge in [-0.3, -0.25) is 4.90 Å². The first kappa shape index (κ1) is 28.8. The van der Waals surface area contributed by atoms with E-state index in [0.717, 1.165) is 63.6 Å². The molecule has 0 aliphatic carbocycles. The van der Waals surface area contributed by atoms with E-state index >= 15 is 0 Å². The van der Waals surface area contributed by atoms with Crippen molar-refractivity contribution in [3.8, 4) is 5.88 Å². The molecule has 2 aromatic carbocycles.